The first-order valence-electron chi connectivity index (χ1n) is 7.36. The average Bonchev–Trinajstić information content (AvgIpc) is 2.54. The molecule has 0 aromatic heterocycles. The van der Waals surface area contributed by atoms with Crippen LogP contribution in [-0.4, -0.2) is 38.1 Å². The third-order valence-electron chi connectivity index (χ3n) is 3.61. The van der Waals surface area contributed by atoms with E-state index in [4.69, 9.17) is 4.74 Å². The Hall–Kier alpha value is -1.51. The molecule has 2 aliphatic heterocycles. The van der Waals surface area contributed by atoms with Gasteiger partial charge in [-0.05, 0) is 12.5 Å². The van der Waals surface area contributed by atoms with E-state index in [2.05, 4.69) is 20.9 Å². The van der Waals surface area contributed by atoms with Crippen molar-refractivity contribution in [3.05, 3.63) is 29.8 Å². The number of nitrogens with one attached hydrogen (secondary N) is 3. The Morgan fingerprint density at radius 2 is 2.27 bits per heavy atom. The van der Waals surface area contributed by atoms with E-state index in [9.17, 15) is 4.79 Å². The highest BCUT2D eigenvalue weighted by Crippen LogP contribution is 2.31. The van der Waals surface area contributed by atoms with Gasteiger partial charge in [0.2, 0.25) is 5.91 Å². The Labute approximate surface area is 147 Å². The lowest BCUT2D eigenvalue weighted by atomic mass is 10.0. The van der Waals surface area contributed by atoms with Gasteiger partial charge in [0, 0.05) is 25.1 Å². The minimum absolute atomic E-state index is 0. The van der Waals surface area contributed by atoms with Crippen molar-refractivity contribution in [1.82, 2.24) is 16.0 Å². The molecule has 0 spiro atoms. The van der Waals surface area contributed by atoms with Crippen molar-refractivity contribution in [2.24, 2.45) is 4.99 Å². The first-order valence-corrected chi connectivity index (χ1v) is 7.36. The number of aliphatic imine (C=N–C) groups is 1. The number of rotatable bonds is 3. The van der Waals surface area contributed by atoms with E-state index in [0.29, 0.717) is 12.6 Å². The fourth-order valence-electron chi connectivity index (χ4n) is 2.55. The largest absolute Gasteiger partial charge is 0.493 e. The van der Waals surface area contributed by atoms with Crippen molar-refractivity contribution in [2.75, 3.05) is 26.2 Å². The van der Waals surface area contributed by atoms with E-state index in [0.717, 1.165) is 37.2 Å². The highest BCUT2D eigenvalue weighted by atomic mass is 127. The number of ether oxygens (including phenoxy) is 1. The fraction of sp³-hybridized carbons (Fsp3) is 0.467. The van der Waals surface area contributed by atoms with Crippen LogP contribution >= 0.6 is 24.0 Å². The maximum atomic E-state index is 12.1. The number of nitrogens with zero attached hydrogens (tertiary/aromatic N) is 1. The zero-order valence-corrected chi connectivity index (χ0v) is 14.6. The number of halogens is 1. The summed E-state index contributed by atoms with van der Waals surface area (Å²) >= 11 is 0. The van der Waals surface area contributed by atoms with E-state index >= 15 is 0 Å². The van der Waals surface area contributed by atoms with Crippen LogP contribution in [0.3, 0.4) is 0 Å². The van der Waals surface area contributed by atoms with Crippen LogP contribution in [0, 0.1) is 0 Å². The minimum Gasteiger partial charge on any atom is -0.493 e. The highest BCUT2D eigenvalue weighted by molar-refractivity contribution is 14.0. The predicted octanol–water partition coefficient (Wildman–Crippen LogP) is 1.18. The molecule has 0 saturated carbocycles. The monoisotopic (exact) mass is 416 g/mol. The average molecular weight is 416 g/mol. The SMILES string of the molecule is I.O=C(CNC1=NCCCN1)NC1CCOc2ccccc21. The molecule has 1 aromatic rings. The Morgan fingerprint density at radius 3 is 3.09 bits per heavy atom. The summed E-state index contributed by atoms with van der Waals surface area (Å²) in [4.78, 5) is 16.3. The normalized spacial score (nSPS) is 19.5. The predicted molar refractivity (Wildman–Crippen MR) is 95.8 cm³/mol. The van der Waals surface area contributed by atoms with Gasteiger partial charge in [-0.3, -0.25) is 9.79 Å². The molecule has 120 valence electrons. The van der Waals surface area contributed by atoms with Gasteiger partial charge in [-0.2, -0.15) is 0 Å². The highest BCUT2D eigenvalue weighted by Gasteiger charge is 2.22. The molecular weight excluding hydrogens is 395 g/mol. The maximum Gasteiger partial charge on any atom is 0.239 e. The molecule has 1 aromatic carbocycles. The Bertz CT molecular complexity index is 550. The van der Waals surface area contributed by atoms with Gasteiger partial charge in [-0.1, -0.05) is 18.2 Å². The molecule has 0 radical (unpaired) electrons. The van der Waals surface area contributed by atoms with E-state index in [1.165, 1.54) is 0 Å². The Kier molecular flexibility index (Phi) is 6.29. The van der Waals surface area contributed by atoms with Crippen LogP contribution < -0.4 is 20.7 Å². The van der Waals surface area contributed by atoms with E-state index in [1.54, 1.807) is 0 Å². The van der Waals surface area contributed by atoms with Crippen LogP contribution in [0.4, 0.5) is 0 Å². The summed E-state index contributed by atoms with van der Waals surface area (Å²) in [6, 6.07) is 7.86. The molecule has 6 nitrogen and oxygen atoms in total. The molecule has 3 rings (SSSR count). The summed E-state index contributed by atoms with van der Waals surface area (Å²) in [5.74, 6) is 1.54. The number of guanidine groups is 1. The molecular formula is C15H21IN4O2. The van der Waals surface area contributed by atoms with Crippen molar-refractivity contribution < 1.29 is 9.53 Å². The van der Waals surface area contributed by atoms with Gasteiger partial charge >= 0.3 is 0 Å². The van der Waals surface area contributed by atoms with Crippen molar-refractivity contribution in [3.63, 3.8) is 0 Å². The summed E-state index contributed by atoms with van der Waals surface area (Å²) in [5.41, 5.74) is 1.05. The third-order valence-corrected chi connectivity index (χ3v) is 3.61. The van der Waals surface area contributed by atoms with Crippen molar-refractivity contribution in [3.8, 4) is 5.75 Å². The van der Waals surface area contributed by atoms with Gasteiger partial charge in [0.1, 0.15) is 5.75 Å². The summed E-state index contributed by atoms with van der Waals surface area (Å²) < 4.78 is 5.59. The van der Waals surface area contributed by atoms with Gasteiger partial charge in [-0.25, -0.2) is 0 Å². The molecule has 0 saturated heterocycles. The smallest absolute Gasteiger partial charge is 0.239 e. The quantitative estimate of drug-likeness (QED) is 0.648. The van der Waals surface area contributed by atoms with Gasteiger partial charge < -0.3 is 20.7 Å². The molecule has 0 bridgehead atoms. The van der Waals surface area contributed by atoms with Gasteiger partial charge in [0.15, 0.2) is 5.96 Å². The summed E-state index contributed by atoms with van der Waals surface area (Å²) in [7, 11) is 0. The number of hydrogen-bond donors (Lipinski definition) is 3. The molecule has 3 N–H and O–H groups in total. The molecule has 1 atom stereocenters. The van der Waals surface area contributed by atoms with Crippen LogP contribution in [0.15, 0.2) is 29.3 Å². The first-order chi connectivity index (χ1) is 10.3. The second-order valence-electron chi connectivity index (χ2n) is 5.16. The molecule has 1 amide bonds. The maximum absolute atomic E-state index is 12.1. The molecule has 2 heterocycles. The zero-order chi connectivity index (χ0) is 14.5. The fourth-order valence-corrected chi connectivity index (χ4v) is 2.55. The number of benzene rings is 1. The number of hydrogen-bond acceptors (Lipinski definition) is 5. The van der Waals surface area contributed by atoms with Gasteiger partial charge in [-0.15, -0.1) is 24.0 Å². The van der Waals surface area contributed by atoms with Crippen molar-refractivity contribution >= 4 is 35.8 Å². The standard InChI is InChI=1S/C15H20N4O2.HI/c20-14(10-18-15-16-7-3-8-17-15)19-12-6-9-21-13-5-2-1-4-11(12)13;/h1-2,4-5,12H,3,6-10H2,(H,19,20)(H2,16,17,18);1H. The van der Waals surface area contributed by atoms with Crippen LogP contribution in [0.25, 0.3) is 0 Å². The minimum atomic E-state index is -0.0354. The van der Waals surface area contributed by atoms with Gasteiger partial charge in [0.05, 0.1) is 19.2 Å². The van der Waals surface area contributed by atoms with Crippen molar-refractivity contribution in [1.29, 1.82) is 0 Å². The number of carbonyl (C=O) groups excluding carboxylic acids is 1. The third kappa shape index (κ3) is 4.25. The van der Waals surface area contributed by atoms with E-state index in [1.807, 2.05) is 24.3 Å². The lowest BCUT2D eigenvalue weighted by Gasteiger charge is -2.26. The summed E-state index contributed by atoms with van der Waals surface area (Å²) in [6.07, 6.45) is 1.83. The molecule has 1 unspecified atom stereocenters. The zero-order valence-electron chi connectivity index (χ0n) is 12.3. The summed E-state index contributed by atoms with van der Waals surface area (Å²) in [6.45, 7) is 2.57. The topological polar surface area (TPSA) is 74.8 Å². The summed E-state index contributed by atoms with van der Waals surface area (Å²) in [5, 5.41) is 9.21. The molecule has 0 fully saturated rings. The van der Waals surface area contributed by atoms with Crippen LogP contribution in [0.2, 0.25) is 0 Å². The molecule has 22 heavy (non-hydrogen) atoms. The second-order valence-corrected chi connectivity index (χ2v) is 5.16. The van der Waals surface area contributed by atoms with Crippen LogP contribution in [0.1, 0.15) is 24.4 Å². The number of carbonyl (C=O) groups is 1. The van der Waals surface area contributed by atoms with E-state index < -0.39 is 0 Å². The second kappa shape index (κ2) is 8.21. The Balaban J connectivity index is 0.00000176. The molecule has 7 heteroatoms. The number of para-hydroxylation sites is 1. The number of amides is 1. The van der Waals surface area contributed by atoms with E-state index in [-0.39, 0.29) is 42.5 Å². The van der Waals surface area contributed by atoms with Crippen LogP contribution in [-0.2, 0) is 4.79 Å². The molecule has 2 aliphatic rings. The first kappa shape index (κ1) is 16.9. The Morgan fingerprint density at radius 1 is 1.41 bits per heavy atom. The lowest BCUT2D eigenvalue weighted by Crippen LogP contribution is -2.46. The lowest BCUT2D eigenvalue weighted by molar-refractivity contribution is -0.120. The van der Waals surface area contributed by atoms with Crippen molar-refractivity contribution in [2.45, 2.75) is 18.9 Å². The van der Waals surface area contributed by atoms with Crippen LogP contribution in [0.5, 0.6) is 5.75 Å². The molecule has 0 aliphatic carbocycles. The van der Waals surface area contributed by atoms with Gasteiger partial charge in [0.25, 0.3) is 0 Å². The number of fused-ring (bicyclic) bond motifs is 1.